The van der Waals surface area contributed by atoms with Crippen molar-refractivity contribution in [1.82, 2.24) is 9.80 Å². The van der Waals surface area contributed by atoms with Crippen LogP contribution in [0.1, 0.15) is 20.8 Å². The van der Waals surface area contributed by atoms with Crippen LogP contribution in [0.4, 0.5) is 9.59 Å². The number of piperazine rings is 1. The van der Waals surface area contributed by atoms with Crippen molar-refractivity contribution in [3.05, 3.63) is 12.7 Å². The topological polar surface area (TPSA) is 79.3 Å². The molecule has 1 atom stereocenters. The van der Waals surface area contributed by atoms with Crippen LogP contribution in [-0.2, 0) is 9.47 Å². The first kappa shape index (κ1) is 17.3. The lowest BCUT2D eigenvalue weighted by atomic mass is 10.2. The minimum atomic E-state index is -0.600. The summed E-state index contributed by atoms with van der Waals surface area (Å²) in [5, 5.41) is 9.44. The molecular formula is C14H24N2O5. The zero-order valence-corrected chi connectivity index (χ0v) is 12.9. The first-order valence-corrected chi connectivity index (χ1v) is 6.91. The van der Waals surface area contributed by atoms with Gasteiger partial charge >= 0.3 is 12.2 Å². The maximum Gasteiger partial charge on any atom is 0.410 e. The summed E-state index contributed by atoms with van der Waals surface area (Å²) in [6, 6.07) is -0.495. The Morgan fingerprint density at radius 2 is 2.00 bits per heavy atom. The third-order valence-electron chi connectivity index (χ3n) is 2.90. The molecule has 120 valence electrons. The van der Waals surface area contributed by atoms with E-state index in [4.69, 9.17) is 9.47 Å². The molecule has 2 amide bonds. The molecule has 1 rings (SSSR count). The SMILES string of the molecule is C=CCOC(=O)N1CCN(C(=O)OC(C)(C)C)C(CO)C1. The fraction of sp³-hybridized carbons (Fsp3) is 0.714. The number of aliphatic hydroxyl groups is 1. The van der Waals surface area contributed by atoms with Gasteiger partial charge in [-0.3, -0.25) is 4.90 Å². The number of aliphatic hydroxyl groups excluding tert-OH is 1. The molecule has 1 heterocycles. The van der Waals surface area contributed by atoms with Crippen molar-refractivity contribution in [3.8, 4) is 0 Å². The molecule has 1 saturated heterocycles. The number of hydrogen-bond acceptors (Lipinski definition) is 5. The highest BCUT2D eigenvalue weighted by molar-refractivity contribution is 5.71. The molecule has 0 radical (unpaired) electrons. The molecule has 0 aliphatic carbocycles. The van der Waals surface area contributed by atoms with Crippen LogP contribution < -0.4 is 0 Å². The van der Waals surface area contributed by atoms with E-state index in [1.807, 2.05) is 0 Å². The van der Waals surface area contributed by atoms with Gasteiger partial charge in [-0.25, -0.2) is 9.59 Å². The van der Waals surface area contributed by atoms with Crippen LogP contribution in [0.2, 0.25) is 0 Å². The summed E-state index contributed by atoms with van der Waals surface area (Å²) in [4.78, 5) is 26.8. The third kappa shape index (κ3) is 5.26. The molecule has 0 aromatic heterocycles. The number of nitrogens with zero attached hydrogens (tertiary/aromatic N) is 2. The van der Waals surface area contributed by atoms with Gasteiger partial charge in [0.25, 0.3) is 0 Å². The minimum absolute atomic E-state index is 0.134. The molecule has 0 saturated carbocycles. The Hall–Kier alpha value is -1.76. The molecule has 1 aliphatic rings. The van der Waals surface area contributed by atoms with Crippen LogP contribution in [0.5, 0.6) is 0 Å². The van der Waals surface area contributed by atoms with Crippen LogP contribution in [0.3, 0.4) is 0 Å². The number of carbonyl (C=O) groups is 2. The number of rotatable bonds is 3. The molecule has 0 bridgehead atoms. The average molecular weight is 300 g/mol. The Balaban J connectivity index is 2.63. The molecule has 1 N–H and O–H groups in total. The highest BCUT2D eigenvalue weighted by atomic mass is 16.6. The van der Waals surface area contributed by atoms with Gasteiger partial charge in [-0.15, -0.1) is 0 Å². The Morgan fingerprint density at radius 3 is 2.52 bits per heavy atom. The van der Waals surface area contributed by atoms with Gasteiger partial charge in [0.2, 0.25) is 0 Å². The molecule has 7 nitrogen and oxygen atoms in total. The van der Waals surface area contributed by atoms with E-state index in [-0.39, 0.29) is 19.8 Å². The fourth-order valence-corrected chi connectivity index (χ4v) is 1.96. The highest BCUT2D eigenvalue weighted by Crippen LogP contribution is 2.16. The molecule has 0 aromatic rings. The van der Waals surface area contributed by atoms with Crippen LogP contribution >= 0.6 is 0 Å². The quantitative estimate of drug-likeness (QED) is 0.793. The van der Waals surface area contributed by atoms with Gasteiger partial charge in [-0.1, -0.05) is 12.7 Å². The van der Waals surface area contributed by atoms with Gasteiger partial charge in [0.1, 0.15) is 12.2 Å². The monoisotopic (exact) mass is 300 g/mol. The van der Waals surface area contributed by atoms with Gasteiger partial charge < -0.3 is 19.5 Å². The summed E-state index contributed by atoms with van der Waals surface area (Å²) >= 11 is 0. The average Bonchev–Trinajstić information content (AvgIpc) is 2.42. The van der Waals surface area contributed by atoms with E-state index < -0.39 is 23.8 Å². The lowest BCUT2D eigenvalue weighted by Gasteiger charge is -2.40. The van der Waals surface area contributed by atoms with Gasteiger partial charge in [0.05, 0.1) is 12.6 Å². The van der Waals surface area contributed by atoms with Gasteiger partial charge in [0, 0.05) is 19.6 Å². The summed E-state index contributed by atoms with van der Waals surface area (Å²) in [5.74, 6) is 0. The second kappa shape index (κ2) is 7.31. The number of amides is 2. The lowest BCUT2D eigenvalue weighted by Crippen LogP contribution is -2.58. The number of hydrogen-bond donors (Lipinski definition) is 1. The number of ether oxygens (including phenoxy) is 2. The Bertz CT molecular complexity index is 391. The standard InChI is InChI=1S/C14H24N2O5/c1-5-8-20-12(18)15-6-7-16(11(9-15)10-17)13(19)21-14(2,3)4/h5,11,17H,1,6-10H2,2-4H3. The largest absolute Gasteiger partial charge is 0.445 e. The summed E-state index contributed by atoms with van der Waals surface area (Å²) in [6.07, 6.45) is 0.524. The zero-order chi connectivity index (χ0) is 16.0. The van der Waals surface area contributed by atoms with E-state index in [2.05, 4.69) is 6.58 Å². The summed E-state index contributed by atoms with van der Waals surface area (Å²) in [5.41, 5.74) is -0.600. The van der Waals surface area contributed by atoms with E-state index in [0.717, 1.165) is 0 Å². The summed E-state index contributed by atoms with van der Waals surface area (Å²) in [7, 11) is 0. The molecule has 7 heteroatoms. The van der Waals surface area contributed by atoms with Gasteiger partial charge in [-0.05, 0) is 20.8 Å². The maximum absolute atomic E-state index is 12.1. The van der Waals surface area contributed by atoms with Crippen molar-refractivity contribution in [3.63, 3.8) is 0 Å². The van der Waals surface area contributed by atoms with Crippen molar-refractivity contribution in [2.45, 2.75) is 32.4 Å². The van der Waals surface area contributed by atoms with Crippen molar-refractivity contribution in [2.24, 2.45) is 0 Å². The van der Waals surface area contributed by atoms with Gasteiger partial charge in [-0.2, -0.15) is 0 Å². The minimum Gasteiger partial charge on any atom is -0.445 e. The van der Waals surface area contributed by atoms with E-state index >= 15 is 0 Å². The molecule has 1 fully saturated rings. The molecule has 1 unspecified atom stereocenters. The first-order chi connectivity index (χ1) is 9.78. The Kier molecular flexibility index (Phi) is 6.02. The second-order valence-corrected chi connectivity index (χ2v) is 5.82. The second-order valence-electron chi connectivity index (χ2n) is 5.82. The molecule has 1 aliphatic heterocycles. The van der Waals surface area contributed by atoms with Crippen molar-refractivity contribution in [2.75, 3.05) is 32.8 Å². The molecule has 0 spiro atoms. The van der Waals surface area contributed by atoms with E-state index in [1.165, 1.54) is 15.9 Å². The Morgan fingerprint density at radius 1 is 1.33 bits per heavy atom. The molecule has 0 aromatic carbocycles. The predicted molar refractivity (Wildman–Crippen MR) is 76.9 cm³/mol. The molecule has 21 heavy (non-hydrogen) atoms. The third-order valence-corrected chi connectivity index (χ3v) is 2.90. The highest BCUT2D eigenvalue weighted by Gasteiger charge is 2.34. The Labute approximate surface area is 125 Å². The van der Waals surface area contributed by atoms with Crippen molar-refractivity contribution < 1.29 is 24.2 Å². The number of carbonyl (C=O) groups excluding carboxylic acids is 2. The van der Waals surface area contributed by atoms with Crippen LogP contribution in [0.15, 0.2) is 12.7 Å². The van der Waals surface area contributed by atoms with Crippen LogP contribution in [0, 0.1) is 0 Å². The molecular weight excluding hydrogens is 276 g/mol. The maximum atomic E-state index is 12.1. The van der Waals surface area contributed by atoms with E-state index in [0.29, 0.717) is 13.1 Å². The zero-order valence-electron chi connectivity index (χ0n) is 12.9. The predicted octanol–water partition coefficient (Wildman–Crippen LogP) is 1.22. The smallest absolute Gasteiger partial charge is 0.410 e. The normalized spacial score (nSPS) is 19.1. The lowest BCUT2D eigenvalue weighted by molar-refractivity contribution is -0.0115. The van der Waals surface area contributed by atoms with Crippen molar-refractivity contribution >= 4 is 12.2 Å². The van der Waals surface area contributed by atoms with Crippen LogP contribution in [0.25, 0.3) is 0 Å². The van der Waals surface area contributed by atoms with Crippen molar-refractivity contribution in [1.29, 1.82) is 0 Å². The van der Waals surface area contributed by atoms with Crippen LogP contribution in [-0.4, -0.2) is 71.6 Å². The summed E-state index contributed by atoms with van der Waals surface area (Å²) in [6.45, 7) is 9.55. The fourth-order valence-electron chi connectivity index (χ4n) is 1.96. The van der Waals surface area contributed by atoms with E-state index in [1.54, 1.807) is 20.8 Å². The van der Waals surface area contributed by atoms with E-state index in [9.17, 15) is 14.7 Å². The first-order valence-electron chi connectivity index (χ1n) is 6.91. The van der Waals surface area contributed by atoms with Gasteiger partial charge in [0.15, 0.2) is 0 Å². The summed E-state index contributed by atoms with van der Waals surface area (Å²) < 4.78 is 10.3.